The molecule has 1 saturated carbocycles. The zero-order chi connectivity index (χ0) is 12.7. The van der Waals surface area contributed by atoms with Gasteiger partial charge in [0.2, 0.25) is 0 Å². The highest BCUT2D eigenvalue weighted by atomic mass is 15.5. The molecule has 5 nitrogen and oxygen atoms in total. The molecular formula is C13H17N5. The molecule has 1 aromatic heterocycles. The van der Waals surface area contributed by atoms with Gasteiger partial charge >= 0.3 is 0 Å². The molecule has 94 valence electrons. The Labute approximate surface area is 106 Å². The molecule has 1 aliphatic rings. The number of aryl methyl sites for hydroxylation is 2. The Morgan fingerprint density at radius 3 is 2.78 bits per heavy atom. The van der Waals surface area contributed by atoms with E-state index in [1.807, 2.05) is 17.7 Å². The number of nitrogens with zero attached hydrogens (tertiary/aromatic N) is 4. The van der Waals surface area contributed by atoms with Crippen LogP contribution in [0.15, 0.2) is 12.1 Å². The summed E-state index contributed by atoms with van der Waals surface area (Å²) in [5.41, 5.74) is 10.1. The fourth-order valence-corrected chi connectivity index (χ4v) is 2.18. The van der Waals surface area contributed by atoms with Gasteiger partial charge in [-0.2, -0.15) is 0 Å². The molecular weight excluding hydrogens is 226 g/mol. The van der Waals surface area contributed by atoms with Crippen molar-refractivity contribution in [1.29, 1.82) is 0 Å². The summed E-state index contributed by atoms with van der Waals surface area (Å²) < 4.78 is 1.90. The third kappa shape index (κ3) is 1.96. The minimum Gasteiger partial charge on any atom is -0.398 e. The topological polar surface area (TPSA) is 69.6 Å². The summed E-state index contributed by atoms with van der Waals surface area (Å²) in [6, 6.07) is 4.06. The number of nitrogen functional groups attached to an aromatic ring is 1. The van der Waals surface area contributed by atoms with E-state index in [0.29, 0.717) is 0 Å². The molecule has 1 heterocycles. The van der Waals surface area contributed by atoms with Gasteiger partial charge in [-0.05, 0) is 60.2 Å². The standard InChI is InChI=1S/C13H17N5/c1-8-5-9(2)12(14)6-11(8)13-15-16-17-18(13)7-10-3-4-10/h5-6,10H,3-4,7,14H2,1-2H3. The van der Waals surface area contributed by atoms with E-state index in [1.165, 1.54) is 12.8 Å². The van der Waals surface area contributed by atoms with E-state index in [4.69, 9.17) is 5.73 Å². The van der Waals surface area contributed by atoms with Crippen molar-refractivity contribution in [2.24, 2.45) is 5.92 Å². The smallest absolute Gasteiger partial charge is 0.182 e. The highest BCUT2D eigenvalue weighted by Gasteiger charge is 2.24. The second-order valence-corrected chi connectivity index (χ2v) is 5.15. The molecule has 1 aliphatic carbocycles. The summed E-state index contributed by atoms with van der Waals surface area (Å²) in [7, 11) is 0. The highest BCUT2D eigenvalue weighted by molar-refractivity contribution is 5.67. The molecule has 1 aromatic carbocycles. The van der Waals surface area contributed by atoms with Crippen molar-refractivity contribution in [2.45, 2.75) is 33.2 Å². The Morgan fingerprint density at radius 2 is 2.06 bits per heavy atom. The van der Waals surface area contributed by atoms with Gasteiger partial charge in [0, 0.05) is 17.8 Å². The van der Waals surface area contributed by atoms with Crippen LogP contribution in [0.1, 0.15) is 24.0 Å². The van der Waals surface area contributed by atoms with Gasteiger partial charge in [-0.3, -0.25) is 0 Å². The van der Waals surface area contributed by atoms with Crippen molar-refractivity contribution < 1.29 is 0 Å². The Hall–Kier alpha value is -1.91. The zero-order valence-corrected chi connectivity index (χ0v) is 10.7. The van der Waals surface area contributed by atoms with Crippen molar-refractivity contribution >= 4 is 5.69 Å². The van der Waals surface area contributed by atoms with Crippen LogP contribution >= 0.6 is 0 Å². The number of aromatic nitrogens is 4. The third-order valence-corrected chi connectivity index (χ3v) is 3.51. The number of hydrogen-bond acceptors (Lipinski definition) is 4. The molecule has 0 spiro atoms. The van der Waals surface area contributed by atoms with Gasteiger partial charge in [0.1, 0.15) is 0 Å². The first-order chi connectivity index (χ1) is 8.65. The predicted octanol–water partition coefficient (Wildman–Crippen LogP) is 1.95. The van der Waals surface area contributed by atoms with E-state index in [9.17, 15) is 0 Å². The van der Waals surface area contributed by atoms with Gasteiger partial charge in [-0.15, -0.1) is 5.10 Å². The van der Waals surface area contributed by atoms with Crippen molar-refractivity contribution in [3.05, 3.63) is 23.3 Å². The number of anilines is 1. The minimum absolute atomic E-state index is 0.746. The number of nitrogens with two attached hydrogens (primary N) is 1. The maximum atomic E-state index is 5.98. The summed E-state index contributed by atoms with van der Waals surface area (Å²) >= 11 is 0. The highest BCUT2D eigenvalue weighted by Crippen LogP contribution is 2.32. The van der Waals surface area contributed by atoms with E-state index >= 15 is 0 Å². The summed E-state index contributed by atoms with van der Waals surface area (Å²) in [6.07, 6.45) is 2.57. The minimum atomic E-state index is 0.746. The number of tetrazole rings is 1. The summed E-state index contributed by atoms with van der Waals surface area (Å²) in [4.78, 5) is 0. The molecule has 18 heavy (non-hydrogen) atoms. The molecule has 3 rings (SSSR count). The lowest BCUT2D eigenvalue weighted by Crippen LogP contribution is -2.05. The fourth-order valence-electron chi connectivity index (χ4n) is 2.18. The third-order valence-electron chi connectivity index (χ3n) is 3.51. The van der Waals surface area contributed by atoms with Gasteiger partial charge in [0.25, 0.3) is 0 Å². The first-order valence-corrected chi connectivity index (χ1v) is 6.28. The Balaban J connectivity index is 2.03. The quantitative estimate of drug-likeness (QED) is 0.836. The molecule has 1 fully saturated rings. The molecule has 0 amide bonds. The fraction of sp³-hybridized carbons (Fsp3) is 0.462. The van der Waals surface area contributed by atoms with E-state index < -0.39 is 0 Å². The molecule has 0 bridgehead atoms. The maximum absolute atomic E-state index is 5.98. The van der Waals surface area contributed by atoms with Crippen molar-refractivity contribution in [1.82, 2.24) is 20.2 Å². The molecule has 0 radical (unpaired) electrons. The first-order valence-electron chi connectivity index (χ1n) is 6.28. The van der Waals surface area contributed by atoms with E-state index in [1.54, 1.807) is 0 Å². The summed E-state index contributed by atoms with van der Waals surface area (Å²) in [6.45, 7) is 4.99. The first kappa shape index (κ1) is 11.2. The van der Waals surface area contributed by atoms with Crippen molar-refractivity contribution in [2.75, 3.05) is 5.73 Å². The molecule has 5 heteroatoms. The monoisotopic (exact) mass is 243 g/mol. The van der Waals surface area contributed by atoms with Crippen molar-refractivity contribution in [3.8, 4) is 11.4 Å². The molecule has 0 atom stereocenters. The van der Waals surface area contributed by atoms with Gasteiger partial charge in [0.15, 0.2) is 5.82 Å². The van der Waals surface area contributed by atoms with Crippen LogP contribution in [0, 0.1) is 19.8 Å². The van der Waals surface area contributed by atoms with Crippen LogP contribution in [-0.2, 0) is 6.54 Å². The van der Waals surface area contributed by atoms with Crippen molar-refractivity contribution in [3.63, 3.8) is 0 Å². The van der Waals surface area contributed by atoms with E-state index in [-0.39, 0.29) is 0 Å². The van der Waals surface area contributed by atoms with Crippen LogP contribution in [0.25, 0.3) is 11.4 Å². The molecule has 0 unspecified atom stereocenters. The second kappa shape index (κ2) is 4.08. The summed E-state index contributed by atoms with van der Waals surface area (Å²) in [5.74, 6) is 1.57. The van der Waals surface area contributed by atoms with Crippen LogP contribution in [-0.4, -0.2) is 20.2 Å². The SMILES string of the molecule is Cc1cc(C)c(-c2nnnn2CC2CC2)cc1N. The van der Waals surface area contributed by atoms with Crippen LogP contribution in [0.4, 0.5) is 5.69 Å². The van der Waals surface area contributed by atoms with Crippen LogP contribution < -0.4 is 5.73 Å². The lowest BCUT2D eigenvalue weighted by Gasteiger charge is -2.09. The second-order valence-electron chi connectivity index (χ2n) is 5.15. The average molecular weight is 243 g/mol. The lowest BCUT2D eigenvalue weighted by molar-refractivity contribution is 0.548. The Kier molecular flexibility index (Phi) is 2.54. The lowest BCUT2D eigenvalue weighted by atomic mass is 10.0. The molecule has 0 aliphatic heterocycles. The molecule has 2 N–H and O–H groups in total. The predicted molar refractivity (Wildman–Crippen MR) is 69.9 cm³/mol. The van der Waals surface area contributed by atoms with Crippen LogP contribution in [0.2, 0.25) is 0 Å². The molecule has 0 saturated heterocycles. The maximum Gasteiger partial charge on any atom is 0.182 e. The van der Waals surface area contributed by atoms with Crippen LogP contribution in [0.5, 0.6) is 0 Å². The average Bonchev–Trinajstić information content (AvgIpc) is 3.02. The van der Waals surface area contributed by atoms with Gasteiger partial charge in [0.05, 0.1) is 0 Å². The van der Waals surface area contributed by atoms with Crippen LogP contribution in [0.3, 0.4) is 0 Å². The van der Waals surface area contributed by atoms with Gasteiger partial charge in [-0.1, -0.05) is 6.07 Å². The van der Waals surface area contributed by atoms with E-state index in [0.717, 1.165) is 40.7 Å². The number of hydrogen-bond donors (Lipinski definition) is 1. The zero-order valence-electron chi connectivity index (χ0n) is 10.7. The summed E-state index contributed by atoms with van der Waals surface area (Å²) in [5, 5.41) is 12.0. The van der Waals surface area contributed by atoms with Gasteiger partial charge < -0.3 is 5.73 Å². The molecule has 2 aromatic rings. The van der Waals surface area contributed by atoms with E-state index in [2.05, 4.69) is 28.5 Å². The Morgan fingerprint density at radius 1 is 1.28 bits per heavy atom. The van der Waals surface area contributed by atoms with Gasteiger partial charge in [-0.25, -0.2) is 4.68 Å². The number of rotatable bonds is 3. The number of benzene rings is 1. The normalized spacial score (nSPS) is 15.0. The largest absolute Gasteiger partial charge is 0.398 e. The Bertz CT molecular complexity index is 583.